The monoisotopic (exact) mass is 256 g/mol. The summed E-state index contributed by atoms with van der Waals surface area (Å²) in [7, 11) is -4.67. The van der Waals surface area contributed by atoms with Gasteiger partial charge >= 0.3 is 93.6 Å². The molecule has 0 aliphatic heterocycles. The van der Waals surface area contributed by atoms with Crippen LogP contribution < -0.4 is 7.55 Å². The number of rotatable bonds is 1. The van der Waals surface area contributed by atoms with Gasteiger partial charge in [-0.1, -0.05) is 0 Å². The van der Waals surface area contributed by atoms with Crippen LogP contribution in [0.5, 0.6) is 5.75 Å². The predicted molar refractivity (Wildman–Crippen MR) is 57.3 cm³/mol. The summed E-state index contributed by atoms with van der Waals surface area (Å²) in [6.45, 7) is 1.41. The maximum absolute atomic E-state index is 10.6. The Bertz CT molecular complexity index is 447. The molecule has 0 heterocycles. The number of ether oxygens (including phenoxy) is 1. The molecule has 0 aliphatic carbocycles. The molecule has 6 nitrogen and oxygen atoms in total. The van der Waals surface area contributed by atoms with Crippen LogP contribution in [0.2, 0.25) is 0 Å². The molecule has 84 valence electrons. The number of hydrogen-bond donors (Lipinski definition) is 2. The second-order valence-corrected chi connectivity index (χ2v) is 4.78. The van der Waals surface area contributed by atoms with E-state index < -0.39 is 10.4 Å². The van der Waals surface area contributed by atoms with Crippen molar-refractivity contribution in [3.8, 4) is 5.75 Å². The molecular formula is C8H9NaO6S. The van der Waals surface area contributed by atoms with Gasteiger partial charge in [0.15, 0.2) is 0 Å². The van der Waals surface area contributed by atoms with Crippen LogP contribution in [0, 0.1) is 0 Å². The molecule has 0 saturated carbocycles. The van der Waals surface area contributed by atoms with Gasteiger partial charge in [-0.15, -0.1) is 0 Å². The molecule has 0 atom stereocenters. The van der Waals surface area contributed by atoms with Gasteiger partial charge < -0.3 is 0 Å². The van der Waals surface area contributed by atoms with Gasteiger partial charge in [-0.2, -0.15) is 8.42 Å². The van der Waals surface area contributed by atoms with Crippen LogP contribution in [0.4, 0.5) is 0 Å². The molecule has 0 saturated heterocycles. The average Bonchev–Trinajstić information content (AvgIpc) is 2.05. The minimum Gasteiger partial charge on any atom is -0.264 e. The maximum Gasteiger partial charge on any atom is 0.394 e. The van der Waals surface area contributed by atoms with E-state index in [0.29, 0.717) is 5.75 Å². The van der Waals surface area contributed by atoms with Crippen LogP contribution in [-0.2, 0) is 15.2 Å². The van der Waals surface area contributed by atoms with Crippen LogP contribution in [0.1, 0.15) is 6.92 Å². The molecule has 2 N–H and O–H groups in total. The van der Waals surface area contributed by atoms with E-state index in [1.165, 1.54) is 6.92 Å². The van der Waals surface area contributed by atoms with E-state index in [-0.39, 0.29) is 5.97 Å². The summed E-state index contributed by atoms with van der Waals surface area (Å²) < 4.78 is 37.6. The Hall–Kier alpha value is -0.440. The molecule has 1 aromatic carbocycles. The Morgan fingerprint density at radius 2 is 1.75 bits per heavy atom. The van der Waals surface area contributed by atoms with E-state index in [2.05, 4.69) is 0 Å². The van der Waals surface area contributed by atoms with Crippen LogP contribution in [0.15, 0.2) is 24.3 Å². The third-order valence-electron chi connectivity index (χ3n) is 1.35. The molecule has 1 aromatic rings. The first kappa shape index (κ1) is 15.6. The molecule has 0 bridgehead atoms. The molecule has 8 heteroatoms. The smallest absolute Gasteiger partial charge is 0.264 e. The molecule has 0 amide bonds. The van der Waals surface area contributed by atoms with E-state index in [1.807, 2.05) is 24.3 Å². The fraction of sp³-hybridized carbons (Fsp3) is 0.125. The second-order valence-electron chi connectivity index (χ2n) is 2.81. The van der Waals surface area contributed by atoms with Crippen molar-refractivity contribution in [1.82, 2.24) is 0 Å². The summed E-state index contributed by atoms with van der Waals surface area (Å²) in [6, 6.07) is 7.57. The zero-order valence-electron chi connectivity index (χ0n) is 8.75. The third kappa shape index (κ3) is 10.1. The summed E-state index contributed by atoms with van der Waals surface area (Å²) in [5.41, 5.74) is 0. The van der Waals surface area contributed by atoms with Crippen molar-refractivity contribution in [2.45, 2.75) is 6.92 Å². The van der Waals surface area contributed by atoms with Gasteiger partial charge in [0.25, 0.3) is 0 Å². The molecule has 0 fully saturated rings. The molecule has 1 rings (SSSR count). The third-order valence-corrected chi connectivity index (χ3v) is 2.17. The first-order valence-corrected chi connectivity index (χ1v) is 6.54. The Morgan fingerprint density at radius 1 is 1.31 bits per heavy atom. The van der Waals surface area contributed by atoms with Crippen molar-refractivity contribution in [2.75, 3.05) is 0 Å². The number of para-hydroxylation sites is 1. The topological polar surface area (TPSA) is 101 Å². The molecule has 0 spiro atoms. The van der Waals surface area contributed by atoms with E-state index in [1.54, 1.807) is 0 Å². The van der Waals surface area contributed by atoms with Gasteiger partial charge in [0.2, 0.25) is 0 Å². The summed E-state index contributed by atoms with van der Waals surface area (Å²) in [5.74, 6) is 0.444. The van der Waals surface area contributed by atoms with Gasteiger partial charge in [0, 0.05) is 0 Å². The molecule has 16 heavy (non-hydrogen) atoms. The fourth-order valence-electron chi connectivity index (χ4n) is 0.826. The quantitative estimate of drug-likeness (QED) is 0.311. The van der Waals surface area contributed by atoms with E-state index in [9.17, 15) is 4.79 Å². The largest absolute Gasteiger partial charge is 0.394 e. The van der Waals surface area contributed by atoms with E-state index in [4.69, 9.17) is 22.3 Å². The van der Waals surface area contributed by atoms with Gasteiger partial charge in [-0.3, -0.25) is 9.11 Å². The number of benzene rings is 1. The Morgan fingerprint density at radius 3 is 2.12 bits per heavy atom. The molecule has 0 aliphatic rings. The van der Waals surface area contributed by atoms with Crippen molar-refractivity contribution in [3.63, 3.8) is 0 Å². The maximum atomic E-state index is 10.6. The minimum absolute atomic E-state index is 0.256. The Kier molecular flexibility index (Phi) is 6.81. The van der Waals surface area contributed by atoms with Crippen molar-refractivity contribution in [3.05, 3.63) is 24.3 Å². The Labute approximate surface area is 111 Å². The minimum atomic E-state index is -4.67. The Balaban J connectivity index is 0.000000385. The van der Waals surface area contributed by atoms with Crippen molar-refractivity contribution in [2.24, 2.45) is 0 Å². The van der Waals surface area contributed by atoms with Gasteiger partial charge in [-0.25, -0.2) is 0 Å². The van der Waals surface area contributed by atoms with Crippen LogP contribution in [-0.4, -0.2) is 51.4 Å². The summed E-state index contributed by atoms with van der Waals surface area (Å²) >= 11 is 0.904. The number of hydrogen-bond acceptors (Lipinski definition) is 4. The standard InChI is InChI=1S/C8H7O2.Na.H2O4S/c1-7(9)10-8-5-3-2-4-6-8;;1-5(2,3)4/h2-5H,1H3;;(H2,1,2,3,4). The van der Waals surface area contributed by atoms with Gasteiger partial charge in [0.1, 0.15) is 0 Å². The molecular weight excluding hydrogens is 247 g/mol. The average molecular weight is 256 g/mol. The van der Waals surface area contributed by atoms with Gasteiger partial charge in [-0.05, 0) is 0 Å². The SMILES string of the molecule is CC(=O)Oc1cccc[c]1[Na].O=S(=O)(O)O. The number of carbonyl (C=O) groups is 1. The first-order valence-electron chi connectivity index (χ1n) is 4.14. The number of esters is 1. The van der Waals surface area contributed by atoms with Crippen molar-refractivity contribution in [1.29, 1.82) is 0 Å². The molecule has 0 radical (unpaired) electrons. The van der Waals surface area contributed by atoms with Crippen LogP contribution in [0.25, 0.3) is 0 Å². The predicted octanol–water partition coefficient (Wildman–Crippen LogP) is -0.247. The number of carbonyl (C=O) groups excluding carboxylic acids is 1. The molecule has 0 aromatic heterocycles. The van der Waals surface area contributed by atoms with Crippen LogP contribution >= 0.6 is 0 Å². The van der Waals surface area contributed by atoms with Crippen LogP contribution in [0.3, 0.4) is 0 Å². The van der Waals surface area contributed by atoms with Crippen molar-refractivity contribution < 1.29 is 27.1 Å². The zero-order chi connectivity index (χ0) is 12.8. The summed E-state index contributed by atoms with van der Waals surface area (Å²) in [6.07, 6.45) is 0. The van der Waals surface area contributed by atoms with E-state index >= 15 is 0 Å². The van der Waals surface area contributed by atoms with E-state index in [0.717, 1.165) is 30.7 Å². The fourth-order valence-corrected chi connectivity index (χ4v) is 1.29. The summed E-state index contributed by atoms with van der Waals surface area (Å²) in [4.78, 5) is 10.6. The normalized spacial score (nSPS) is 10.1. The first-order chi connectivity index (χ1) is 7.20. The zero-order valence-corrected chi connectivity index (χ0v) is 11.6. The molecule has 0 unspecified atom stereocenters. The second kappa shape index (κ2) is 7.00. The van der Waals surface area contributed by atoms with Crippen molar-refractivity contribution >= 4 is 47.1 Å². The summed E-state index contributed by atoms with van der Waals surface area (Å²) in [5, 5.41) is 0. The van der Waals surface area contributed by atoms with Gasteiger partial charge in [0.05, 0.1) is 0 Å².